The van der Waals surface area contributed by atoms with Crippen LogP contribution >= 0.6 is 0 Å². The molecule has 0 aliphatic heterocycles. The standard InChI is InChI=1S/C27H42O7/c1-16(28)32-15-24(34-18(3)30)27(31)13-10-23-21-7-6-19-14-20(33-17(2)29)8-11-25(19,4)22(21)9-12-26(23,27)5/h19-24,31H,6-15H2,1-5H3. The lowest BCUT2D eigenvalue weighted by Gasteiger charge is -2.62. The molecule has 0 saturated heterocycles. The van der Waals surface area contributed by atoms with Crippen molar-refractivity contribution in [2.45, 2.75) is 110 Å². The van der Waals surface area contributed by atoms with Crippen LogP contribution in [0.4, 0.5) is 0 Å². The van der Waals surface area contributed by atoms with E-state index in [0.29, 0.717) is 30.1 Å². The van der Waals surface area contributed by atoms with Crippen molar-refractivity contribution in [3.05, 3.63) is 0 Å². The van der Waals surface area contributed by atoms with Gasteiger partial charge in [0.1, 0.15) is 18.3 Å². The number of carbonyl (C=O) groups excluding carboxylic acids is 3. The summed E-state index contributed by atoms with van der Waals surface area (Å²) >= 11 is 0. The molecular formula is C27H42O7. The van der Waals surface area contributed by atoms with Gasteiger partial charge in [0, 0.05) is 26.2 Å². The van der Waals surface area contributed by atoms with Crippen LogP contribution in [0.5, 0.6) is 0 Å². The van der Waals surface area contributed by atoms with Crippen LogP contribution in [0.15, 0.2) is 0 Å². The topological polar surface area (TPSA) is 99.1 Å². The second-order valence-electron chi connectivity index (χ2n) is 12.0. The van der Waals surface area contributed by atoms with Gasteiger partial charge in [0.15, 0.2) is 6.10 Å². The Balaban J connectivity index is 1.55. The number of carbonyl (C=O) groups is 3. The molecule has 7 heteroatoms. The van der Waals surface area contributed by atoms with Crippen molar-refractivity contribution in [1.82, 2.24) is 0 Å². The van der Waals surface area contributed by atoms with Crippen LogP contribution in [0.3, 0.4) is 0 Å². The molecule has 34 heavy (non-hydrogen) atoms. The highest BCUT2D eigenvalue weighted by atomic mass is 16.6. The molecule has 0 aromatic rings. The summed E-state index contributed by atoms with van der Waals surface area (Å²) in [7, 11) is 0. The first kappa shape index (κ1) is 25.5. The van der Waals surface area contributed by atoms with Gasteiger partial charge < -0.3 is 19.3 Å². The van der Waals surface area contributed by atoms with Crippen LogP contribution in [0.1, 0.15) is 92.4 Å². The van der Waals surface area contributed by atoms with E-state index in [1.165, 1.54) is 20.8 Å². The third kappa shape index (κ3) is 4.16. The van der Waals surface area contributed by atoms with Gasteiger partial charge in [0.2, 0.25) is 0 Å². The second-order valence-corrected chi connectivity index (χ2v) is 12.0. The zero-order valence-electron chi connectivity index (χ0n) is 21.4. The highest BCUT2D eigenvalue weighted by Crippen LogP contribution is 2.69. The van der Waals surface area contributed by atoms with Crippen LogP contribution in [0, 0.1) is 34.5 Å². The van der Waals surface area contributed by atoms with Crippen molar-refractivity contribution in [2.24, 2.45) is 34.5 Å². The fourth-order valence-corrected chi connectivity index (χ4v) is 8.80. The van der Waals surface area contributed by atoms with Gasteiger partial charge in [-0.2, -0.15) is 0 Å². The van der Waals surface area contributed by atoms with Gasteiger partial charge in [-0.25, -0.2) is 0 Å². The van der Waals surface area contributed by atoms with Crippen molar-refractivity contribution in [3.8, 4) is 0 Å². The Labute approximate surface area is 203 Å². The number of aliphatic hydroxyl groups is 1. The van der Waals surface area contributed by atoms with Gasteiger partial charge in [-0.15, -0.1) is 0 Å². The number of fused-ring (bicyclic) bond motifs is 5. The first-order valence-electron chi connectivity index (χ1n) is 13.1. The highest BCUT2D eigenvalue weighted by Gasteiger charge is 2.67. The SMILES string of the molecule is CC(=O)OCC(OC(C)=O)C1(O)CCC2C3CCC4CC(OC(C)=O)CCC4(C)C3CCC21C. The summed E-state index contributed by atoms with van der Waals surface area (Å²) in [6.07, 6.45) is 7.74. The molecule has 0 amide bonds. The van der Waals surface area contributed by atoms with Crippen LogP contribution in [0.25, 0.3) is 0 Å². The van der Waals surface area contributed by atoms with Crippen molar-refractivity contribution in [1.29, 1.82) is 0 Å². The van der Waals surface area contributed by atoms with Crippen LogP contribution in [0.2, 0.25) is 0 Å². The van der Waals surface area contributed by atoms with E-state index in [-0.39, 0.29) is 24.1 Å². The number of hydrogen-bond donors (Lipinski definition) is 1. The summed E-state index contributed by atoms with van der Waals surface area (Å²) in [4.78, 5) is 34.9. The predicted octanol–water partition coefficient (Wildman–Crippen LogP) is 4.19. The summed E-state index contributed by atoms with van der Waals surface area (Å²) < 4.78 is 16.4. The predicted molar refractivity (Wildman–Crippen MR) is 124 cm³/mol. The van der Waals surface area contributed by atoms with E-state index in [4.69, 9.17) is 14.2 Å². The summed E-state index contributed by atoms with van der Waals surface area (Å²) in [5.41, 5.74) is -1.38. The molecule has 0 aromatic carbocycles. The third-order valence-corrected chi connectivity index (χ3v) is 10.4. The molecule has 0 aromatic heterocycles. The molecule has 4 saturated carbocycles. The first-order valence-corrected chi connectivity index (χ1v) is 13.1. The fraction of sp³-hybridized carbons (Fsp3) is 0.889. The van der Waals surface area contributed by atoms with E-state index in [0.717, 1.165) is 51.4 Å². The second kappa shape index (κ2) is 9.11. The molecule has 4 aliphatic carbocycles. The van der Waals surface area contributed by atoms with E-state index < -0.39 is 29.1 Å². The number of rotatable bonds is 5. The van der Waals surface area contributed by atoms with E-state index in [2.05, 4.69) is 13.8 Å². The van der Waals surface area contributed by atoms with Gasteiger partial charge in [-0.1, -0.05) is 13.8 Å². The average Bonchev–Trinajstić information content (AvgIpc) is 3.02. The highest BCUT2D eigenvalue weighted by molar-refractivity contribution is 5.67. The molecule has 7 nitrogen and oxygen atoms in total. The van der Waals surface area contributed by atoms with Gasteiger partial charge in [0.05, 0.1) is 0 Å². The third-order valence-electron chi connectivity index (χ3n) is 10.4. The summed E-state index contributed by atoms with van der Waals surface area (Å²) in [5, 5.41) is 12.1. The van der Waals surface area contributed by atoms with Gasteiger partial charge >= 0.3 is 17.9 Å². The average molecular weight is 479 g/mol. The monoisotopic (exact) mass is 478 g/mol. The van der Waals surface area contributed by atoms with Gasteiger partial charge in [-0.3, -0.25) is 14.4 Å². The number of esters is 3. The van der Waals surface area contributed by atoms with E-state index in [1.807, 2.05) is 0 Å². The largest absolute Gasteiger partial charge is 0.463 e. The molecule has 192 valence electrons. The quantitative estimate of drug-likeness (QED) is 0.467. The van der Waals surface area contributed by atoms with Crippen LogP contribution in [-0.4, -0.2) is 47.4 Å². The maximum absolute atomic E-state index is 12.1. The van der Waals surface area contributed by atoms with Crippen molar-refractivity contribution in [3.63, 3.8) is 0 Å². The lowest BCUT2D eigenvalue weighted by Crippen LogP contribution is -2.61. The van der Waals surface area contributed by atoms with Crippen LogP contribution < -0.4 is 0 Å². The van der Waals surface area contributed by atoms with E-state index in [1.54, 1.807) is 0 Å². The van der Waals surface area contributed by atoms with E-state index >= 15 is 0 Å². The molecule has 4 aliphatic rings. The maximum atomic E-state index is 12.1. The molecule has 4 rings (SSSR count). The molecule has 9 unspecified atom stereocenters. The zero-order valence-corrected chi connectivity index (χ0v) is 21.4. The Morgan fingerprint density at radius 2 is 1.59 bits per heavy atom. The van der Waals surface area contributed by atoms with Crippen LogP contribution in [-0.2, 0) is 28.6 Å². The summed E-state index contributed by atoms with van der Waals surface area (Å²) in [5.74, 6) is 0.919. The summed E-state index contributed by atoms with van der Waals surface area (Å²) in [6.45, 7) is 8.66. The first-order chi connectivity index (χ1) is 15.9. The molecule has 9 atom stereocenters. The van der Waals surface area contributed by atoms with Gasteiger partial charge in [0.25, 0.3) is 0 Å². The Bertz CT molecular complexity index is 826. The smallest absolute Gasteiger partial charge is 0.303 e. The molecule has 0 bridgehead atoms. The van der Waals surface area contributed by atoms with Gasteiger partial charge in [-0.05, 0) is 86.9 Å². The Kier molecular flexibility index (Phi) is 6.82. The normalized spacial score (nSPS) is 44.1. The van der Waals surface area contributed by atoms with Crippen molar-refractivity contribution in [2.75, 3.05) is 6.61 Å². The Morgan fingerprint density at radius 3 is 2.24 bits per heavy atom. The summed E-state index contributed by atoms with van der Waals surface area (Å²) in [6, 6.07) is 0. The minimum Gasteiger partial charge on any atom is -0.463 e. The Morgan fingerprint density at radius 1 is 0.882 bits per heavy atom. The van der Waals surface area contributed by atoms with Crippen molar-refractivity contribution >= 4 is 17.9 Å². The molecule has 1 N–H and O–H groups in total. The lowest BCUT2D eigenvalue weighted by molar-refractivity contribution is -0.213. The van der Waals surface area contributed by atoms with E-state index in [9.17, 15) is 19.5 Å². The Hall–Kier alpha value is -1.63. The number of hydrogen-bond acceptors (Lipinski definition) is 7. The van der Waals surface area contributed by atoms with Crippen molar-refractivity contribution < 1.29 is 33.7 Å². The number of ether oxygens (including phenoxy) is 3. The zero-order chi connectivity index (χ0) is 24.9. The molecule has 4 fully saturated rings. The minimum absolute atomic E-state index is 0.0447. The minimum atomic E-state index is -1.21. The molecule has 0 radical (unpaired) electrons. The molecular weight excluding hydrogens is 436 g/mol. The molecule has 0 spiro atoms. The molecule has 0 heterocycles. The maximum Gasteiger partial charge on any atom is 0.303 e. The fourth-order valence-electron chi connectivity index (χ4n) is 8.80. The lowest BCUT2D eigenvalue weighted by atomic mass is 9.44.